The van der Waals surface area contributed by atoms with Crippen LogP contribution in [-0.2, 0) is 6.54 Å². The minimum atomic E-state index is 0.444. The lowest BCUT2D eigenvalue weighted by Gasteiger charge is -2.57. The zero-order chi connectivity index (χ0) is 17.8. The van der Waals surface area contributed by atoms with Gasteiger partial charge in [0.1, 0.15) is 0 Å². The van der Waals surface area contributed by atoms with E-state index in [1.807, 2.05) is 0 Å². The van der Waals surface area contributed by atoms with Gasteiger partial charge in [0.15, 0.2) is 0 Å². The van der Waals surface area contributed by atoms with Gasteiger partial charge in [-0.3, -0.25) is 0 Å². The van der Waals surface area contributed by atoms with Crippen LogP contribution in [0.3, 0.4) is 0 Å². The highest BCUT2D eigenvalue weighted by molar-refractivity contribution is 5.81. The zero-order valence-corrected chi connectivity index (χ0v) is 15.7. The molecule has 3 aromatic rings. The van der Waals surface area contributed by atoms with Crippen LogP contribution in [0.4, 0.5) is 0 Å². The van der Waals surface area contributed by atoms with Crippen LogP contribution in [0.25, 0.3) is 22.2 Å². The maximum Gasteiger partial charge on any atom is 0.0931 e. The first-order chi connectivity index (χ1) is 13.2. The number of rotatable bonds is 4. The van der Waals surface area contributed by atoms with Crippen molar-refractivity contribution < 1.29 is 0 Å². The van der Waals surface area contributed by atoms with Gasteiger partial charge in [-0.1, -0.05) is 30.3 Å². The van der Waals surface area contributed by atoms with Crippen molar-refractivity contribution in [2.24, 2.45) is 17.8 Å². The standard InChI is InChI=1S/C24H27N3/c1-3-20(21-5-6-22-23(10-21)26-15-25-22)4-2-16(1)14-27-24-11-17-7-18(12-24)9-19(8-17)13-24/h1-6,10,15,17-19,27H,7-9,11-14H2,(H,25,26). The van der Waals surface area contributed by atoms with E-state index in [1.54, 1.807) is 6.33 Å². The van der Waals surface area contributed by atoms with Crippen molar-refractivity contribution in [3.05, 3.63) is 54.4 Å². The quantitative estimate of drug-likeness (QED) is 0.666. The first kappa shape index (κ1) is 15.9. The average Bonchev–Trinajstić information content (AvgIpc) is 3.14. The van der Waals surface area contributed by atoms with Gasteiger partial charge in [0.25, 0.3) is 0 Å². The van der Waals surface area contributed by atoms with Gasteiger partial charge in [-0.25, -0.2) is 4.98 Å². The molecule has 1 aromatic heterocycles. The van der Waals surface area contributed by atoms with Gasteiger partial charge in [-0.05, 0) is 85.1 Å². The number of nitrogens with one attached hydrogen (secondary N) is 2. The Labute approximate surface area is 160 Å². The molecule has 4 saturated carbocycles. The van der Waals surface area contributed by atoms with Crippen LogP contribution >= 0.6 is 0 Å². The molecule has 0 spiro atoms. The summed E-state index contributed by atoms with van der Waals surface area (Å²) < 4.78 is 0. The van der Waals surface area contributed by atoms with E-state index in [1.165, 1.54) is 55.2 Å². The minimum absolute atomic E-state index is 0.444. The second kappa shape index (κ2) is 5.93. The van der Waals surface area contributed by atoms with Crippen molar-refractivity contribution in [2.45, 2.75) is 50.6 Å². The van der Waals surface area contributed by atoms with Crippen LogP contribution in [0.5, 0.6) is 0 Å². The highest BCUT2D eigenvalue weighted by Crippen LogP contribution is 2.55. The summed E-state index contributed by atoms with van der Waals surface area (Å²) in [7, 11) is 0. The molecule has 0 aliphatic heterocycles. The summed E-state index contributed by atoms with van der Waals surface area (Å²) in [5.41, 5.74) is 6.48. The summed E-state index contributed by atoms with van der Waals surface area (Å²) in [6.45, 7) is 1.01. The third-order valence-corrected chi connectivity index (χ3v) is 7.41. The second-order valence-electron chi connectivity index (χ2n) is 9.38. The van der Waals surface area contributed by atoms with E-state index in [4.69, 9.17) is 0 Å². The molecule has 4 aliphatic rings. The SMILES string of the molecule is c1nc2ccc(-c3ccc(CNC45CC6CC(CC(C6)C4)C5)cc3)cc2[nH]1. The second-order valence-corrected chi connectivity index (χ2v) is 9.38. The number of aromatic amines is 1. The number of benzene rings is 2. The van der Waals surface area contributed by atoms with E-state index in [2.05, 4.69) is 57.7 Å². The Kier molecular flexibility index (Phi) is 3.49. The fourth-order valence-corrected chi connectivity index (χ4v) is 6.55. The Bertz CT molecular complexity index is 933. The van der Waals surface area contributed by atoms with Crippen LogP contribution in [-0.4, -0.2) is 15.5 Å². The summed E-state index contributed by atoms with van der Waals surface area (Å²) in [6.07, 6.45) is 10.5. The summed E-state index contributed by atoms with van der Waals surface area (Å²) in [5.74, 6) is 3.01. The van der Waals surface area contributed by atoms with Crippen molar-refractivity contribution >= 4 is 11.0 Å². The van der Waals surface area contributed by atoms with Crippen molar-refractivity contribution in [3.63, 3.8) is 0 Å². The molecule has 1 heterocycles. The number of imidazole rings is 1. The van der Waals surface area contributed by atoms with Crippen molar-refractivity contribution in [3.8, 4) is 11.1 Å². The molecular formula is C24H27N3. The van der Waals surface area contributed by atoms with Gasteiger partial charge in [-0.2, -0.15) is 0 Å². The minimum Gasteiger partial charge on any atom is -0.345 e. The topological polar surface area (TPSA) is 40.7 Å². The van der Waals surface area contributed by atoms with Crippen LogP contribution in [0, 0.1) is 17.8 Å². The predicted octanol–water partition coefficient (Wildman–Crippen LogP) is 5.29. The van der Waals surface area contributed by atoms with E-state index in [0.29, 0.717) is 5.54 Å². The van der Waals surface area contributed by atoms with Gasteiger partial charge < -0.3 is 10.3 Å². The molecule has 27 heavy (non-hydrogen) atoms. The summed E-state index contributed by atoms with van der Waals surface area (Å²) >= 11 is 0. The number of fused-ring (bicyclic) bond motifs is 1. The van der Waals surface area contributed by atoms with Crippen molar-refractivity contribution in [1.29, 1.82) is 0 Å². The molecule has 2 N–H and O–H groups in total. The molecule has 0 radical (unpaired) electrons. The molecule has 3 nitrogen and oxygen atoms in total. The smallest absolute Gasteiger partial charge is 0.0931 e. The van der Waals surface area contributed by atoms with Crippen LogP contribution in [0.1, 0.15) is 44.1 Å². The largest absolute Gasteiger partial charge is 0.345 e. The summed E-state index contributed by atoms with van der Waals surface area (Å²) in [4.78, 5) is 7.51. The number of aromatic nitrogens is 2. The number of hydrogen-bond donors (Lipinski definition) is 2. The van der Waals surface area contributed by atoms with E-state index in [0.717, 1.165) is 35.3 Å². The van der Waals surface area contributed by atoms with Crippen LogP contribution in [0.2, 0.25) is 0 Å². The highest BCUT2D eigenvalue weighted by Gasteiger charge is 2.50. The summed E-state index contributed by atoms with van der Waals surface area (Å²) in [5, 5.41) is 4.01. The summed E-state index contributed by atoms with van der Waals surface area (Å²) in [6, 6.07) is 15.5. The maximum atomic E-state index is 4.31. The first-order valence-electron chi connectivity index (χ1n) is 10.5. The van der Waals surface area contributed by atoms with Gasteiger partial charge in [0.2, 0.25) is 0 Å². The Balaban J connectivity index is 1.17. The van der Waals surface area contributed by atoms with Crippen molar-refractivity contribution in [1.82, 2.24) is 15.3 Å². The fraction of sp³-hybridized carbons (Fsp3) is 0.458. The molecule has 0 unspecified atom stereocenters. The lowest BCUT2D eigenvalue weighted by molar-refractivity contribution is -0.0206. The monoisotopic (exact) mass is 357 g/mol. The lowest BCUT2D eigenvalue weighted by Crippen LogP contribution is -2.58. The molecule has 7 rings (SSSR count). The van der Waals surface area contributed by atoms with Gasteiger partial charge in [0, 0.05) is 12.1 Å². The van der Waals surface area contributed by atoms with Gasteiger partial charge >= 0.3 is 0 Å². The molecule has 4 aliphatic carbocycles. The molecule has 0 amide bonds. The molecule has 4 fully saturated rings. The third kappa shape index (κ3) is 2.80. The molecule has 2 aromatic carbocycles. The maximum absolute atomic E-state index is 4.31. The van der Waals surface area contributed by atoms with Crippen molar-refractivity contribution in [2.75, 3.05) is 0 Å². The van der Waals surface area contributed by atoms with E-state index in [9.17, 15) is 0 Å². The number of H-pyrrole nitrogens is 1. The van der Waals surface area contributed by atoms with Gasteiger partial charge in [-0.15, -0.1) is 0 Å². The average molecular weight is 358 g/mol. The van der Waals surface area contributed by atoms with Gasteiger partial charge in [0.05, 0.1) is 17.4 Å². The molecule has 138 valence electrons. The number of nitrogens with zero attached hydrogens (tertiary/aromatic N) is 1. The lowest BCUT2D eigenvalue weighted by atomic mass is 9.53. The molecule has 0 atom stereocenters. The Morgan fingerprint density at radius 3 is 2.26 bits per heavy atom. The molecule has 4 bridgehead atoms. The third-order valence-electron chi connectivity index (χ3n) is 7.41. The molecular weight excluding hydrogens is 330 g/mol. The van der Waals surface area contributed by atoms with E-state index >= 15 is 0 Å². The highest BCUT2D eigenvalue weighted by atomic mass is 15.0. The predicted molar refractivity (Wildman–Crippen MR) is 109 cm³/mol. The van der Waals surface area contributed by atoms with E-state index < -0.39 is 0 Å². The van der Waals surface area contributed by atoms with Crippen LogP contribution in [0.15, 0.2) is 48.8 Å². The Morgan fingerprint density at radius 2 is 1.56 bits per heavy atom. The zero-order valence-electron chi connectivity index (χ0n) is 15.7. The normalized spacial score (nSPS) is 31.6. The molecule has 0 saturated heterocycles. The fourth-order valence-electron chi connectivity index (χ4n) is 6.55. The molecule has 3 heteroatoms. The number of hydrogen-bond acceptors (Lipinski definition) is 2. The Morgan fingerprint density at radius 1 is 0.889 bits per heavy atom. The first-order valence-corrected chi connectivity index (χ1v) is 10.5. The Hall–Kier alpha value is -2.13. The van der Waals surface area contributed by atoms with E-state index in [-0.39, 0.29) is 0 Å². The van der Waals surface area contributed by atoms with Crippen LogP contribution < -0.4 is 5.32 Å².